The zero-order valence-corrected chi connectivity index (χ0v) is 12.0. The van der Waals surface area contributed by atoms with E-state index in [9.17, 15) is 0 Å². The van der Waals surface area contributed by atoms with Crippen molar-refractivity contribution in [2.24, 2.45) is 0 Å². The van der Waals surface area contributed by atoms with Gasteiger partial charge < -0.3 is 4.74 Å². The van der Waals surface area contributed by atoms with Crippen LogP contribution in [0.15, 0.2) is 36.4 Å². The Kier molecular flexibility index (Phi) is 4.16. The molecule has 0 unspecified atom stereocenters. The zero-order valence-electron chi connectivity index (χ0n) is 11.3. The summed E-state index contributed by atoms with van der Waals surface area (Å²) in [6.07, 6.45) is 4.29. The first-order chi connectivity index (χ1) is 9.81. The molecule has 0 radical (unpaired) electrons. The van der Waals surface area contributed by atoms with Gasteiger partial charge in [0.15, 0.2) is 0 Å². The van der Waals surface area contributed by atoms with Gasteiger partial charge in [-0.05, 0) is 31.2 Å². The molecule has 0 bridgehead atoms. The Morgan fingerprint density at radius 2 is 1.95 bits per heavy atom. The lowest BCUT2D eigenvalue weighted by Gasteiger charge is -2.07. The van der Waals surface area contributed by atoms with Crippen LogP contribution in [0.5, 0.6) is 5.88 Å². The number of nitrogens with zero attached hydrogens (tertiary/aromatic N) is 2. The molecule has 1 heterocycles. The molecule has 0 N–H and O–H groups in total. The molecule has 1 aromatic carbocycles. The highest BCUT2D eigenvalue weighted by molar-refractivity contribution is 6.29. The highest BCUT2D eigenvalue weighted by Gasteiger charge is 2.27. The molecule has 1 saturated carbocycles. The quantitative estimate of drug-likeness (QED) is 0.595. The second kappa shape index (κ2) is 6.23. The van der Waals surface area contributed by atoms with E-state index in [1.807, 2.05) is 6.07 Å². The van der Waals surface area contributed by atoms with Crippen molar-refractivity contribution >= 4 is 11.6 Å². The van der Waals surface area contributed by atoms with Crippen molar-refractivity contribution in [2.45, 2.75) is 31.6 Å². The second-order valence-corrected chi connectivity index (χ2v) is 5.49. The minimum absolute atomic E-state index is 0.472. The molecule has 3 rings (SSSR count). The predicted molar refractivity (Wildman–Crippen MR) is 79.3 cm³/mol. The first kappa shape index (κ1) is 13.4. The fourth-order valence-corrected chi connectivity index (χ4v) is 2.29. The van der Waals surface area contributed by atoms with Gasteiger partial charge in [-0.15, -0.1) is 0 Å². The molecule has 104 valence electrons. The summed E-state index contributed by atoms with van der Waals surface area (Å²) in [7, 11) is 0. The van der Waals surface area contributed by atoms with Crippen molar-refractivity contribution in [3.8, 4) is 5.88 Å². The van der Waals surface area contributed by atoms with Gasteiger partial charge in [0.1, 0.15) is 11.0 Å². The van der Waals surface area contributed by atoms with Crippen LogP contribution in [-0.4, -0.2) is 16.6 Å². The van der Waals surface area contributed by atoms with E-state index >= 15 is 0 Å². The molecule has 3 nitrogen and oxygen atoms in total. The van der Waals surface area contributed by atoms with Gasteiger partial charge in [0.05, 0.1) is 6.61 Å². The van der Waals surface area contributed by atoms with Gasteiger partial charge in [0.2, 0.25) is 5.88 Å². The molecule has 0 aliphatic heterocycles. The third-order valence-electron chi connectivity index (χ3n) is 3.33. The lowest BCUT2D eigenvalue weighted by molar-refractivity contribution is 0.297. The van der Waals surface area contributed by atoms with E-state index < -0.39 is 0 Å². The Bertz CT molecular complexity index is 570. The van der Waals surface area contributed by atoms with Crippen molar-refractivity contribution in [3.05, 3.63) is 52.9 Å². The van der Waals surface area contributed by atoms with E-state index in [-0.39, 0.29) is 0 Å². The maximum atomic E-state index is 6.00. The minimum Gasteiger partial charge on any atom is -0.478 e. The van der Waals surface area contributed by atoms with E-state index in [4.69, 9.17) is 16.3 Å². The highest BCUT2D eigenvalue weighted by Crippen LogP contribution is 2.38. The van der Waals surface area contributed by atoms with Gasteiger partial charge in [0.25, 0.3) is 0 Å². The van der Waals surface area contributed by atoms with Gasteiger partial charge in [0, 0.05) is 12.0 Å². The lowest BCUT2D eigenvalue weighted by Crippen LogP contribution is -2.03. The summed E-state index contributed by atoms with van der Waals surface area (Å²) in [6.45, 7) is 0.645. The summed E-state index contributed by atoms with van der Waals surface area (Å²) in [5.74, 6) is 1.91. The molecule has 20 heavy (non-hydrogen) atoms. The van der Waals surface area contributed by atoms with Gasteiger partial charge >= 0.3 is 0 Å². The maximum Gasteiger partial charge on any atom is 0.218 e. The summed E-state index contributed by atoms with van der Waals surface area (Å²) in [4.78, 5) is 8.67. The number of benzene rings is 1. The molecule has 0 spiro atoms. The van der Waals surface area contributed by atoms with Crippen LogP contribution in [0.4, 0.5) is 0 Å². The third kappa shape index (κ3) is 3.70. The van der Waals surface area contributed by atoms with Crippen LogP contribution in [-0.2, 0) is 6.42 Å². The zero-order chi connectivity index (χ0) is 13.8. The predicted octanol–water partition coefficient (Wildman–Crippen LogP) is 4.02. The summed E-state index contributed by atoms with van der Waals surface area (Å²) in [5.41, 5.74) is 1.33. The monoisotopic (exact) mass is 288 g/mol. The molecular formula is C16H17ClN2O. The van der Waals surface area contributed by atoms with E-state index in [1.165, 1.54) is 5.56 Å². The van der Waals surface area contributed by atoms with Crippen LogP contribution < -0.4 is 4.74 Å². The molecule has 1 aromatic heterocycles. The second-order valence-electron chi connectivity index (χ2n) is 5.10. The van der Waals surface area contributed by atoms with Gasteiger partial charge in [-0.1, -0.05) is 41.9 Å². The number of aryl methyl sites for hydroxylation is 1. The van der Waals surface area contributed by atoms with E-state index in [0.29, 0.717) is 23.6 Å². The third-order valence-corrected chi connectivity index (χ3v) is 3.53. The smallest absolute Gasteiger partial charge is 0.218 e. The Balaban J connectivity index is 1.51. The number of hydrogen-bond acceptors (Lipinski definition) is 3. The molecule has 4 heteroatoms. The number of aromatic nitrogens is 2. The number of rotatable bonds is 6. The topological polar surface area (TPSA) is 35.0 Å². The van der Waals surface area contributed by atoms with E-state index in [2.05, 4.69) is 34.2 Å². The molecule has 1 aliphatic carbocycles. The fourth-order valence-electron chi connectivity index (χ4n) is 2.11. The van der Waals surface area contributed by atoms with Gasteiger partial charge in [-0.2, -0.15) is 4.98 Å². The largest absolute Gasteiger partial charge is 0.478 e. The van der Waals surface area contributed by atoms with Crippen LogP contribution in [0.3, 0.4) is 0 Å². The molecule has 0 saturated heterocycles. The first-order valence-corrected chi connectivity index (χ1v) is 7.40. The molecule has 1 aliphatic rings. The van der Waals surface area contributed by atoms with Crippen molar-refractivity contribution in [2.75, 3.05) is 6.61 Å². The van der Waals surface area contributed by atoms with Crippen molar-refractivity contribution in [1.29, 1.82) is 0 Å². The van der Waals surface area contributed by atoms with E-state index in [1.54, 1.807) is 6.07 Å². The van der Waals surface area contributed by atoms with Crippen molar-refractivity contribution in [3.63, 3.8) is 0 Å². The molecule has 1 fully saturated rings. The van der Waals surface area contributed by atoms with Gasteiger partial charge in [-0.25, -0.2) is 4.98 Å². The normalized spacial score (nSPS) is 14.2. The minimum atomic E-state index is 0.472. The number of halogens is 1. The van der Waals surface area contributed by atoms with Crippen molar-refractivity contribution in [1.82, 2.24) is 9.97 Å². The Hall–Kier alpha value is -1.61. The summed E-state index contributed by atoms with van der Waals surface area (Å²) in [6, 6.07) is 12.1. The first-order valence-electron chi connectivity index (χ1n) is 7.02. The summed E-state index contributed by atoms with van der Waals surface area (Å²) >= 11 is 6.00. The standard InChI is InChI=1S/C16H17ClN2O/c17-14-11-15(19-16(18-14)13-8-9-13)20-10-4-7-12-5-2-1-3-6-12/h1-3,5-6,11,13H,4,7-10H2. The number of ether oxygens (including phenoxy) is 1. The molecule has 2 aromatic rings. The van der Waals surface area contributed by atoms with Crippen LogP contribution in [0.2, 0.25) is 5.15 Å². The number of hydrogen-bond donors (Lipinski definition) is 0. The Morgan fingerprint density at radius 1 is 1.15 bits per heavy atom. The Labute approximate surface area is 124 Å². The maximum absolute atomic E-state index is 6.00. The summed E-state index contributed by atoms with van der Waals surface area (Å²) in [5, 5.41) is 0.472. The average molecular weight is 289 g/mol. The van der Waals surface area contributed by atoms with Crippen LogP contribution in [0, 0.1) is 0 Å². The fraction of sp³-hybridized carbons (Fsp3) is 0.375. The lowest BCUT2D eigenvalue weighted by atomic mass is 10.1. The highest BCUT2D eigenvalue weighted by atomic mass is 35.5. The van der Waals surface area contributed by atoms with Crippen LogP contribution in [0.1, 0.15) is 36.6 Å². The average Bonchev–Trinajstić information content (AvgIpc) is 3.29. The van der Waals surface area contributed by atoms with E-state index in [0.717, 1.165) is 31.5 Å². The van der Waals surface area contributed by atoms with Gasteiger partial charge in [-0.3, -0.25) is 0 Å². The SMILES string of the molecule is Clc1cc(OCCCc2ccccc2)nc(C2CC2)n1. The molecular weight excluding hydrogens is 272 g/mol. The van der Waals surface area contributed by atoms with Crippen LogP contribution in [0.25, 0.3) is 0 Å². The summed E-state index contributed by atoms with van der Waals surface area (Å²) < 4.78 is 5.69. The van der Waals surface area contributed by atoms with Crippen molar-refractivity contribution < 1.29 is 4.74 Å². The molecule has 0 atom stereocenters. The molecule has 0 amide bonds. The Morgan fingerprint density at radius 3 is 2.70 bits per heavy atom. The van der Waals surface area contributed by atoms with Crippen LogP contribution >= 0.6 is 11.6 Å².